The van der Waals surface area contributed by atoms with Gasteiger partial charge in [0, 0.05) is 37.8 Å². The first-order chi connectivity index (χ1) is 17.7. The third kappa shape index (κ3) is 4.28. The molecule has 9 heteroatoms. The highest BCUT2D eigenvalue weighted by atomic mass is 16.2. The number of benzene rings is 2. The van der Waals surface area contributed by atoms with Gasteiger partial charge < -0.3 is 9.80 Å². The third-order valence-electron chi connectivity index (χ3n) is 7.11. The van der Waals surface area contributed by atoms with Crippen LogP contribution in [0.3, 0.4) is 0 Å². The summed E-state index contributed by atoms with van der Waals surface area (Å²) in [6, 6.07) is 19.7. The Morgan fingerprint density at radius 2 is 1.67 bits per heavy atom. The van der Waals surface area contributed by atoms with Crippen molar-refractivity contribution in [3.05, 3.63) is 94.3 Å². The van der Waals surface area contributed by atoms with E-state index in [2.05, 4.69) is 37.1 Å². The second-order valence-electron chi connectivity index (χ2n) is 9.31. The topological polar surface area (TPSA) is 100 Å². The van der Waals surface area contributed by atoms with Gasteiger partial charge in [-0.1, -0.05) is 54.6 Å². The first-order valence-corrected chi connectivity index (χ1v) is 12.3. The number of H-pyrrole nitrogens is 1. The van der Waals surface area contributed by atoms with Gasteiger partial charge in [0.1, 0.15) is 17.8 Å². The summed E-state index contributed by atoms with van der Waals surface area (Å²) >= 11 is 0. The Balaban J connectivity index is 1.13. The maximum absolute atomic E-state index is 13.2. The van der Waals surface area contributed by atoms with Crippen molar-refractivity contribution < 1.29 is 4.79 Å². The van der Waals surface area contributed by atoms with Crippen molar-refractivity contribution in [1.29, 1.82) is 0 Å². The van der Waals surface area contributed by atoms with Crippen molar-refractivity contribution in [1.82, 2.24) is 29.6 Å². The van der Waals surface area contributed by atoms with Crippen LogP contribution in [0.1, 0.15) is 40.5 Å². The SMILES string of the molecule is O=C(c1cc(N2CCC(n3nc(-c4ccccc4)[nH]c3=O)CC2)ncn1)N1CCc2ccccc2C1. The van der Waals surface area contributed by atoms with Gasteiger partial charge in [-0.3, -0.25) is 9.78 Å². The molecule has 1 saturated heterocycles. The Hall–Kier alpha value is -4.27. The maximum atomic E-state index is 13.2. The van der Waals surface area contributed by atoms with Crippen LogP contribution < -0.4 is 10.6 Å². The maximum Gasteiger partial charge on any atom is 0.343 e. The molecule has 4 aromatic rings. The highest BCUT2D eigenvalue weighted by molar-refractivity contribution is 5.93. The average molecular weight is 482 g/mol. The lowest BCUT2D eigenvalue weighted by Crippen LogP contribution is -2.38. The summed E-state index contributed by atoms with van der Waals surface area (Å²) in [5.74, 6) is 1.26. The second kappa shape index (κ2) is 9.41. The van der Waals surface area contributed by atoms with Gasteiger partial charge in [-0.15, -0.1) is 5.10 Å². The van der Waals surface area contributed by atoms with Crippen molar-refractivity contribution in [2.75, 3.05) is 24.5 Å². The molecule has 1 N–H and O–H groups in total. The Bertz CT molecular complexity index is 1440. The molecule has 0 atom stereocenters. The molecule has 6 rings (SSSR count). The monoisotopic (exact) mass is 481 g/mol. The highest BCUT2D eigenvalue weighted by Crippen LogP contribution is 2.26. The van der Waals surface area contributed by atoms with E-state index in [9.17, 15) is 9.59 Å². The fourth-order valence-corrected chi connectivity index (χ4v) is 5.12. The van der Waals surface area contributed by atoms with E-state index in [-0.39, 0.29) is 17.6 Å². The van der Waals surface area contributed by atoms with Crippen molar-refractivity contribution >= 4 is 11.7 Å². The molecule has 2 aromatic carbocycles. The van der Waals surface area contributed by atoms with Gasteiger partial charge in [-0.05, 0) is 30.4 Å². The zero-order valence-electron chi connectivity index (χ0n) is 19.9. The molecule has 0 spiro atoms. The molecule has 2 aliphatic rings. The van der Waals surface area contributed by atoms with Crippen LogP contribution in [0.25, 0.3) is 11.4 Å². The van der Waals surface area contributed by atoms with Crippen LogP contribution in [-0.2, 0) is 13.0 Å². The predicted molar refractivity (Wildman–Crippen MR) is 136 cm³/mol. The van der Waals surface area contributed by atoms with Crippen LogP contribution in [-0.4, -0.2) is 55.2 Å². The number of anilines is 1. The molecule has 4 heterocycles. The van der Waals surface area contributed by atoms with E-state index >= 15 is 0 Å². The molecule has 1 fully saturated rings. The summed E-state index contributed by atoms with van der Waals surface area (Å²) in [7, 11) is 0. The smallest absolute Gasteiger partial charge is 0.343 e. The molecule has 182 valence electrons. The summed E-state index contributed by atoms with van der Waals surface area (Å²) in [6.07, 6.45) is 3.84. The van der Waals surface area contributed by atoms with Crippen molar-refractivity contribution in [2.45, 2.75) is 31.8 Å². The fraction of sp³-hybridized carbons (Fsp3) is 0.296. The van der Waals surface area contributed by atoms with Crippen molar-refractivity contribution in [3.63, 3.8) is 0 Å². The number of carbonyl (C=O) groups is 1. The number of aromatic amines is 1. The van der Waals surface area contributed by atoms with Gasteiger partial charge in [0.05, 0.1) is 6.04 Å². The Morgan fingerprint density at radius 3 is 2.47 bits per heavy atom. The largest absolute Gasteiger partial charge is 0.356 e. The van der Waals surface area contributed by atoms with E-state index in [1.807, 2.05) is 47.4 Å². The van der Waals surface area contributed by atoms with Crippen LogP contribution in [0.4, 0.5) is 5.82 Å². The number of carbonyl (C=O) groups excluding carboxylic acids is 1. The normalized spacial score (nSPS) is 16.1. The molecule has 9 nitrogen and oxygen atoms in total. The first kappa shape index (κ1) is 22.2. The Labute approximate surface area is 208 Å². The second-order valence-corrected chi connectivity index (χ2v) is 9.31. The molecule has 2 aromatic heterocycles. The van der Waals surface area contributed by atoms with Crippen LogP contribution >= 0.6 is 0 Å². The average Bonchev–Trinajstić information content (AvgIpc) is 3.34. The number of amides is 1. The lowest BCUT2D eigenvalue weighted by molar-refractivity contribution is 0.0728. The molecule has 36 heavy (non-hydrogen) atoms. The summed E-state index contributed by atoms with van der Waals surface area (Å²) in [5, 5.41) is 4.56. The van der Waals surface area contributed by atoms with E-state index in [0.717, 1.165) is 30.6 Å². The summed E-state index contributed by atoms with van der Waals surface area (Å²) in [6.45, 7) is 2.71. The molecule has 2 aliphatic heterocycles. The quantitative estimate of drug-likeness (QED) is 0.481. The lowest BCUT2D eigenvalue weighted by atomic mass is 10.00. The number of nitrogens with one attached hydrogen (secondary N) is 1. The minimum Gasteiger partial charge on any atom is -0.356 e. The van der Waals surface area contributed by atoms with Gasteiger partial charge in [-0.25, -0.2) is 19.4 Å². The van der Waals surface area contributed by atoms with Gasteiger partial charge >= 0.3 is 5.69 Å². The molecule has 0 saturated carbocycles. The fourth-order valence-electron chi connectivity index (χ4n) is 5.12. The van der Waals surface area contributed by atoms with E-state index in [1.54, 1.807) is 10.7 Å². The Kier molecular flexibility index (Phi) is 5.80. The zero-order valence-corrected chi connectivity index (χ0v) is 19.9. The van der Waals surface area contributed by atoms with Crippen LogP contribution in [0.2, 0.25) is 0 Å². The summed E-state index contributed by atoms with van der Waals surface area (Å²) < 4.78 is 1.57. The first-order valence-electron chi connectivity index (χ1n) is 12.3. The molecule has 1 amide bonds. The van der Waals surface area contributed by atoms with Gasteiger partial charge in [0.2, 0.25) is 0 Å². The van der Waals surface area contributed by atoms with E-state index in [4.69, 9.17) is 0 Å². The van der Waals surface area contributed by atoms with Crippen molar-refractivity contribution in [2.24, 2.45) is 0 Å². The molecular weight excluding hydrogens is 454 g/mol. The highest BCUT2D eigenvalue weighted by Gasteiger charge is 2.26. The van der Waals surface area contributed by atoms with E-state index in [0.29, 0.717) is 37.7 Å². The predicted octanol–water partition coefficient (Wildman–Crippen LogP) is 3.07. The van der Waals surface area contributed by atoms with E-state index < -0.39 is 0 Å². The molecule has 0 unspecified atom stereocenters. The number of piperidine rings is 1. The number of hydrogen-bond acceptors (Lipinski definition) is 6. The zero-order chi connectivity index (χ0) is 24.5. The number of nitrogens with zero attached hydrogens (tertiary/aromatic N) is 6. The molecular formula is C27H27N7O2. The van der Waals surface area contributed by atoms with Crippen LogP contribution in [0.15, 0.2) is 71.8 Å². The number of hydrogen-bond donors (Lipinski definition) is 1. The van der Waals surface area contributed by atoms with Gasteiger partial charge in [-0.2, -0.15) is 0 Å². The van der Waals surface area contributed by atoms with Gasteiger partial charge in [0.25, 0.3) is 5.91 Å². The number of aromatic nitrogens is 5. The number of rotatable bonds is 4. The number of fused-ring (bicyclic) bond motifs is 1. The molecule has 0 aliphatic carbocycles. The molecule has 0 bridgehead atoms. The Morgan fingerprint density at radius 1 is 0.917 bits per heavy atom. The standard InChI is InChI=1S/C27H27N7O2/c35-26(33-13-10-19-6-4-5-9-21(19)17-33)23-16-24(29-18-28-23)32-14-11-22(12-15-32)34-27(36)30-25(31-34)20-7-2-1-3-8-20/h1-9,16,18,22H,10-15,17H2,(H,30,31,36). The van der Waals surface area contributed by atoms with Crippen LogP contribution in [0, 0.1) is 0 Å². The van der Waals surface area contributed by atoms with E-state index in [1.165, 1.54) is 17.5 Å². The molecule has 0 radical (unpaired) electrons. The third-order valence-corrected chi connectivity index (χ3v) is 7.11. The van der Waals surface area contributed by atoms with Crippen LogP contribution in [0.5, 0.6) is 0 Å². The lowest BCUT2D eigenvalue weighted by Gasteiger charge is -2.32. The van der Waals surface area contributed by atoms with Crippen molar-refractivity contribution in [3.8, 4) is 11.4 Å². The summed E-state index contributed by atoms with van der Waals surface area (Å²) in [5.41, 5.74) is 3.61. The summed E-state index contributed by atoms with van der Waals surface area (Å²) in [4.78, 5) is 41.4. The minimum atomic E-state index is -0.190. The van der Waals surface area contributed by atoms with Gasteiger partial charge in [0.15, 0.2) is 5.82 Å². The minimum absolute atomic E-state index is 0.0128.